The summed E-state index contributed by atoms with van der Waals surface area (Å²) >= 11 is 5.49. The van der Waals surface area contributed by atoms with Gasteiger partial charge in [0.2, 0.25) is 0 Å². The minimum Gasteiger partial charge on any atom is -0.396 e. The highest BCUT2D eigenvalue weighted by molar-refractivity contribution is 6.39. The first-order chi connectivity index (χ1) is 8.93. The van der Waals surface area contributed by atoms with Crippen molar-refractivity contribution in [2.24, 2.45) is 5.92 Å². The Kier molecular flexibility index (Phi) is 5.72. The average Bonchev–Trinajstić information content (AvgIpc) is 2.39. The summed E-state index contributed by atoms with van der Waals surface area (Å²) in [6.07, 6.45) is 0. The third-order valence-corrected chi connectivity index (χ3v) is 2.61. The van der Waals surface area contributed by atoms with Gasteiger partial charge in [0.25, 0.3) is 0 Å². The predicted octanol–water partition coefficient (Wildman–Crippen LogP) is 1.16. The van der Waals surface area contributed by atoms with Crippen molar-refractivity contribution in [3.05, 3.63) is 29.0 Å². The predicted molar refractivity (Wildman–Crippen MR) is 69.3 cm³/mol. The first kappa shape index (κ1) is 15.4. The Labute approximate surface area is 114 Å². The number of carbonyl (C=O) groups excluding carboxylic acids is 2. The minimum absolute atomic E-state index is 0.0702. The van der Waals surface area contributed by atoms with E-state index in [9.17, 15) is 14.0 Å². The highest BCUT2D eigenvalue weighted by Crippen LogP contribution is 2.18. The number of nitrogens with one attached hydrogen (secondary N) is 2. The largest absolute Gasteiger partial charge is 0.396 e. The van der Waals surface area contributed by atoms with Gasteiger partial charge in [-0.1, -0.05) is 18.5 Å². The van der Waals surface area contributed by atoms with Crippen molar-refractivity contribution in [1.29, 1.82) is 0 Å². The zero-order chi connectivity index (χ0) is 14.4. The van der Waals surface area contributed by atoms with E-state index in [-0.39, 0.29) is 29.8 Å². The van der Waals surface area contributed by atoms with Crippen molar-refractivity contribution < 1.29 is 19.1 Å². The van der Waals surface area contributed by atoms with Crippen LogP contribution in [0.4, 0.5) is 10.1 Å². The topological polar surface area (TPSA) is 78.4 Å². The molecule has 1 aromatic rings. The van der Waals surface area contributed by atoms with E-state index in [4.69, 9.17) is 16.7 Å². The molecule has 104 valence electrons. The lowest BCUT2D eigenvalue weighted by Crippen LogP contribution is -2.38. The summed E-state index contributed by atoms with van der Waals surface area (Å²) in [7, 11) is 0. The van der Waals surface area contributed by atoms with Crippen molar-refractivity contribution in [3.63, 3.8) is 0 Å². The lowest BCUT2D eigenvalue weighted by Gasteiger charge is -2.10. The first-order valence-corrected chi connectivity index (χ1v) is 5.97. The van der Waals surface area contributed by atoms with Crippen molar-refractivity contribution in [1.82, 2.24) is 5.32 Å². The van der Waals surface area contributed by atoms with Gasteiger partial charge >= 0.3 is 11.8 Å². The maximum absolute atomic E-state index is 13.1. The fraction of sp³-hybridized carbons (Fsp3) is 0.333. The molecule has 19 heavy (non-hydrogen) atoms. The van der Waals surface area contributed by atoms with Crippen LogP contribution in [-0.4, -0.2) is 30.1 Å². The molecule has 7 heteroatoms. The lowest BCUT2D eigenvalue weighted by molar-refractivity contribution is -0.136. The second kappa shape index (κ2) is 7.06. The highest BCUT2D eigenvalue weighted by Gasteiger charge is 2.14. The number of aliphatic hydroxyl groups excluding tert-OH is 1. The van der Waals surface area contributed by atoms with E-state index in [0.717, 1.165) is 6.07 Å². The molecule has 0 radical (unpaired) electrons. The minimum atomic E-state index is -0.910. The Bertz CT molecular complexity index is 482. The van der Waals surface area contributed by atoms with Crippen molar-refractivity contribution in [2.45, 2.75) is 6.92 Å². The van der Waals surface area contributed by atoms with Gasteiger partial charge in [0.15, 0.2) is 0 Å². The fourth-order valence-electron chi connectivity index (χ4n) is 1.17. The third kappa shape index (κ3) is 4.84. The number of hydrogen-bond acceptors (Lipinski definition) is 3. The Morgan fingerprint density at radius 3 is 2.68 bits per heavy atom. The maximum Gasteiger partial charge on any atom is 0.313 e. The van der Waals surface area contributed by atoms with E-state index < -0.39 is 17.6 Å². The molecule has 1 rings (SSSR count). The quantitative estimate of drug-likeness (QED) is 0.728. The number of amides is 2. The number of aliphatic hydroxyl groups is 1. The summed E-state index contributed by atoms with van der Waals surface area (Å²) < 4.78 is 13.1. The average molecular weight is 289 g/mol. The molecule has 0 saturated heterocycles. The molecule has 0 aliphatic rings. The summed E-state index contributed by atoms with van der Waals surface area (Å²) in [5.41, 5.74) is 0.136. The van der Waals surface area contributed by atoms with Crippen LogP contribution in [0.5, 0.6) is 0 Å². The Morgan fingerprint density at radius 1 is 1.42 bits per heavy atom. The molecular weight excluding hydrogens is 275 g/mol. The van der Waals surface area contributed by atoms with Crippen molar-refractivity contribution in [3.8, 4) is 0 Å². The molecule has 5 nitrogen and oxygen atoms in total. The van der Waals surface area contributed by atoms with Gasteiger partial charge < -0.3 is 15.7 Å². The van der Waals surface area contributed by atoms with Crippen LogP contribution in [0.3, 0.4) is 0 Å². The zero-order valence-corrected chi connectivity index (χ0v) is 11.0. The molecule has 1 unspecified atom stereocenters. The highest BCUT2D eigenvalue weighted by atomic mass is 35.5. The molecule has 0 aliphatic carbocycles. The molecule has 0 heterocycles. The molecular formula is C12H14ClFN2O3. The van der Waals surface area contributed by atoms with E-state index in [1.54, 1.807) is 6.92 Å². The lowest BCUT2D eigenvalue weighted by atomic mass is 10.2. The Hall–Kier alpha value is -1.66. The van der Waals surface area contributed by atoms with Gasteiger partial charge in [0.1, 0.15) is 5.82 Å². The van der Waals surface area contributed by atoms with Crippen LogP contribution < -0.4 is 10.6 Å². The van der Waals surface area contributed by atoms with Crippen molar-refractivity contribution >= 4 is 29.1 Å². The van der Waals surface area contributed by atoms with E-state index in [0.29, 0.717) is 0 Å². The molecule has 0 spiro atoms. The molecule has 1 atom stereocenters. The molecule has 0 saturated carbocycles. The van der Waals surface area contributed by atoms with Crippen LogP contribution in [0.25, 0.3) is 0 Å². The Morgan fingerprint density at radius 2 is 2.11 bits per heavy atom. The monoisotopic (exact) mass is 288 g/mol. The standard InChI is InChI=1S/C12H14ClFN2O3/c1-7(6-17)5-15-11(18)12(19)16-8-2-3-9(13)10(14)4-8/h2-4,7,17H,5-6H2,1H3,(H,15,18)(H,16,19). The number of rotatable bonds is 4. The Balaban J connectivity index is 2.54. The van der Waals surface area contributed by atoms with E-state index in [2.05, 4.69) is 10.6 Å². The van der Waals surface area contributed by atoms with Crippen LogP contribution in [0.15, 0.2) is 18.2 Å². The third-order valence-electron chi connectivity index (χ3n) is 2.31. The molecule has 1 aromatic carbocycles. The maximum atomic E-state index is 13.1. The van der Waals surface area contributed by atoms with E-state index in [1.165, 1.54) is 12.1 Å². The fourth-order valence-corrected chi connectivity index (χ4v) is 1.29. The molecule has 0 aliphatic heterocycles. The van der Waals surface area contributed by atoms with Crippen LogP contribution in [0.2, 0.25) is 5.02 Å². The number of benzene rings is 1. The van der Waals surface area contributed by atoms with Gasteiger partial charge in [-0.3, -0.25) is 9.59 Å². The van der Waals surface area contributed by atoms with E-state index in [1.807, 2.05) is 0 Å². The second-order valence-electron chi connectivity index (χ2n) is 4.08. The number of halogens is 2. The normalized spacial score (nSPS) is 11.8. The molecule has 0 fully saturated rings. The van der Waals surface area contributed by atoms with Gasteiger partial charge in [-0.05, 0) is 24.1 Å². The molecule has 0 bridgehead atoms. The molecule has 0 aromatic heterocycles. The van der Waals surface area contributed by atoms with Crippen molar-refractivity contribution in [2.75, 3.05) is 18.5 Å². The summed E-state index contributed by atoms with van der Waals surface area (Å²) in [5.74, 6) is -2.60. The van der Waals surface area contributed by atoms with Crippen LogP contribution in [-0.2, 0) is 9.59 Å². The zero-order valence-electron chi connectivity index (χ0n) is 10.2. The van der Waals surface area contributed by atoms with E-state index >= 15 is 0 Å². The second-order valence-corrected chi connectivity index (χ2v) is 4.49. The summed E-state index contributed by atoms with van der Waals surface area (Å²) in [4.78, 5) is 22.9. The molecule has 2 amide bonds. The summed E-state index contributed by atoms with van der Waals surface area (Å²) in [5, 5.41) is 13.3. The summed E-state index contributed by atoms with van der Waals surface area (Å²) in [6.45, 7) is 1.80. The number of hydrogen-bond donors (Lipinski definition) is 3. The number of anilines is 1. The van der Waals surface area contributed by atoms with Gasteiger partial charge in [0, 0.05) is 18.8 Å². The van der Waals surface area contributed by atoms with Gasteiger partial charge in [-0.25, -0.2) is 4.39 Å². The van der Waals surface area contributed by atoms with Crippen LogP contribution in [0, 0.1) is 11.7 Å². The SMILES string of the molecule is CC(CO)CNC(=O)C(=O)Nc1ccc(Cl)c(F)c1. The summed E-state index contributed by atoms with van der Waals surface area (Å²) in [6, 6.07) is 3.68. The van der Waals surface area contributed by atoms with Gasteiger partial charge in [0.05, 0.1) is 5.02 Å². The number of carbonyl (C=O) groups is 2. The van der Waals surface area contributed by atoms with Crippen LogP contribution >= 0.6 is 11.6 Å². The van der Waals surface area contributed by atoms with Gasteiger partial charge in [-0.2, -0.15) is 0 Å². The van der Waals surface area contributed by atoms with Gasteiger partial charge in [-0.15, -0.1) is 0 Å². The van der Waals surface area contributed by atoms with Crippen LogP contribution in [0.1, 0.15) is 6.92 Å². The first-order valence-electron chi connectivity index (χ1n) is 5.59. The smallest absolute Gasteiger partial charge is 0.313 e. The molecule has 3 N–H and O–H groups in total.